The van der Waals surface area contributed by atoms with Gasteiger partial charge in [-0.05, 0) is 69.1 Å². The summed E-state index contributed by atoms with van der Waals surface area (Å²) in [5.74, 6) is 0.131. The Labute approximate surface area is 188 Å². The standard InChI is InChI=1S/C21H28F3N3O.2ClH/c22-21(23,24)15-4-7-19(27-8-2-1-3-9-27)18(13-15)26-20(28)12-14-10-16-5-6-17(11-14)25-16;;/h4,7,13-14,16-17,25H,1-3,5-6,8-12H2,(H,26,28);2*1H. The van der Waals surface area contributed by atoms with Crippen molar-refractivity contribution < 1.29 is 18.0 Å². The van der Waals surface area contributed by atoms with Gasteiger partial charge < -0.3 is 15.5 Å². The highest BCUT2D eigenvalue weighted by Crippen LogP contribution is 2.37. The Kier molecular flexibility index (Phi) is 8.71. The van der Waals surface area contributed by atoms with Crippen LogP contribution in [0.1, 0.15) is 56.9 Å². The molecule has 3 aliphatic heterocycles. The summed E-state index contributed by atoms with van der Waals surface area (Å²) in [6.07, 6.45) is 3.41. The first kappa shape index (κ1) is 25.1. The Morgan fingerprint density at radius 3 is 2.30 bits per heavy atom. The highest BCUT2D eigenvalue weighted by molar-refractivity contribution is 5.94. The number of amides is 1. The Morgan fingerprint density at radius 1 is 1.07 bits per heavy atom. The van der Waals surface area contributed by atoms with E-state index in [1.54, 1.807) is 0 Å². The zero-order valence-electron chi connectivity index (χ0n) is 16.8. The third kappa shape index (κ3) is 5.95. The van der Waals surface area contributed by atoms with Gasteiger partial charge in [-0.15, -0.1) is 24.8 Å². The van der Waals surface area contributed by atoms with Crippen LogP contribution in [0.2, 0.25) is 0 Å². The Bertz CT molecular complexity index is 714. The van der Waals surface area contributed by atoms with E-state index in [9.17, 15) is 18.0 Å². The molecule has 9 heteroatoms. The summed E-state index contributed by atoms with van der Waals surface area (Å²) in [4.78, 5) is 14.8. The van der Waals surface area contributed by atoms with Gasteiger partial charge in [-0.2, -0.15) is 13.2 Å². The Balaban J connectivity index is 0.00000160. The lowest BCUT2D eigenvalue weighted by Crippen LogP contribution is -2.39. The molecule has 0 radical (unpaired) electrons. The number of carbonyl (C=O) groups excluding carboxylic acids is 1. The van der Waals surface area contributed by atoms with E-state index in [0.29, 0.717) is 35.8 Å². The SMILES string of the molecule is Cl.Cl.O=C(CC1CC2CCC(C1)N2)Nc1cc(C(F)(F)F)ccc1N1CCCCC1. The highest BCUT2D eigenvalue weighted by Gasteiger charge is 2.35. The maximum absolute atomic E-state index is 13.2. The number of fused-ring (bicyclic) bond motifs is 2. The van der Waals surface area contributed by atoms with Gasteiger partial charge in [-0.1, -0.05) is 0 Å². The molecule has 3 heterocycles. The van der Waals surface area contributed by atoms with Crippen molar-refractivity contribution >= 4 is 42.1 Å². The van der Waals surface area contributed by atoms with Crippen LogP contribution in [0.3, 0.4) is 0 Å². The predicted molar refractivity (Wildman–Crippen MR) is 118 cm³/mol. The van der Waals surface area contributed by atoms with E-state index in [1.807, 2.05) is 0 Å². The minimum Gasteiger partial charge on any atom is -0.370 e. The molecule has 0 spiro atoms. The smallest absolute Gasteiger partial charge is 0.370 e. The lowest BCUT2D eigenvalue weighted by atomic mass is 9.89. The van der Waals surface area contributed by atoms with Gasteiger partial charge in [0.25, 0.3) is 0 Å². The number of hydrogen-bond acceptors (Lipinski definition) is 3. The average molecular weight is 468 g/mol. The maximum atomic E-state index is 13.2. The fourth-order valence-electron chi connectivity index (χ4n) is 5.03. The van der Waals surface area contributed by atoms with Crippen LogP contribution in [0.15, 0.2) is 18.2 Å². The molecule has 4 nitrogen and oxygen atoms in total. The van der Waals surface area contributed by atoms with Crippen LogP contribution in [0.25, 0.3) is 0 Å². The summed E-state index contributed by atoms with van der Waals surface area (Å²) in [7, 11) is 0. The first-order valence-electron chi connectivity index (χ1n) is 10.4. The van der Waals surface area contributed by atoms with Crippen LogP contribution in [-0.2, 0) is 11.0 Å². The number of nitrogens with zero attached hydrogens (tertiary/aromatic N) is 1. The first-order valence-corrected chi connectivity index (χ1v) is 10.4. The van der Waals surface area contributed by atoms with Gasteiger partial charge in [0.05, 0.1) is 16.9 Å². The summed E-state index contributed by atoms with van der Waals surface area (Å²) in [6, 6.07) is 4.70. The molecule has 30 heavy (non-hydrogen) atoms. The summed E-state index contributed by atoms with van der Waals surface area (Å²) in [5.41, 5.74) is 0.272. The molecule has 170 valence electrons. The molecule has 3 aliphatic rings. The van der Waals surface area contributed by atoms with Crippen molar-refractivity contribution in [2.24, 2.45) is 5.92 Å². The molecule has 2 bridgehead atoms. The highest BCUT2D eigenvalue weighted by atomic mass is 35.5. The van der Waals surface area contributed by atoms with Crippen molar-refractivity contribution in [3.63, 3.8) is 0 Å². The normalized spacial score (nSPS) is 25.8. The average Bonchev–Trinajstić information content (AvgIpc) is 3.00. The molecule has 2 N–H and O–H groups in total. The summed E-state index contributed by atoms with van der Waals surface area (Å²) >= 11 is 0. The number of carbonyl (C=O) groups is 1. The fraction of sp³-hybridized carbons (Fsp3) is 0.667. The number of piperidine rings is 2. The van der Waals surface area contributed by atoms with Crippen LogP contribution >= 0.6 is 24.8 Å². The van der Waals surface area contributed by atoms with Crippen LogP contribution in [0.4, 0.5) is 24.5 Å². The lowest BCUT2D eigenvalue weighted by molar-refractivity contribution is -0.137. The van der Waals surface area contributed by atoms with E-state index >= 15 is 0 Å². The van der Waals surface area contributed by atoms with Crippen molar-refractivity contribution in [3.8, 4) is 0 Å². The molecule has 3 fully saturated rings. The number of alkyl halides is 3. The van der Waals surface area contributed by atoms with Crippen molar-refractivity contribution in [1.82, 2.24) is 5.32 Å². The number of anilines is 2. The second kappa shape index (κ2) is 10.4. The van der Waals surface area contributed by atoms with Crippen molar-refractivity contribution in [2.45, 2.75) is 69.6 Å². The van der Waals surface area contributed by atoms with Crippen molar-refractivity contribution in [2.75, 3.05) is 23.3 Å². The molecule has 1 amide bonds. The van der Waals surface area contributed by atoms with Gasteiger partial charge >= 0.3 is 6.18 Å². The first-order chi connectivity index (χ1) is 13.4. The van der Waals surface area contributed by atoms with E-state index in [1.165, 1.54) is 6.07 Å². The zero-order chi connectivity index (χ0) is 19.7. The van der Waals surface area contributed by atoms with Crippen molar-refractivity contribution in [3.05, 3.63) is 23.8 Å². The molecule has 1 aromatic carbocycles. The molecule has 0 aromatic heterocycles. The Morgan fingerprint density at radius 2 is 1.70 bits per heavy atom. The van der Waals surface area contributed by atoms with Gasteiger partial charge in [0.1, 0.15) is 0 Å². The van der Waals surface area contributed by atoms with E-state index in [4.69, 9.17) is 0 Å². The molecular weight excluding hydrogens is 438 g/mol. The van der Waals surface area contributed by atoms with Gasteiger partial charge in [-0.3, -0.25) is 4.79 Å². The number of hydrogen-bond donors (Lipinski definition) is 2. The molecule has 4 rings (SSSR count). The molecule has 3 saturated heterocycles. The largest absolute Gasteiger partial charge is 0.416 e. The van der Waals surface area contributed by atoms with Crippen LogP contribution < -0.4 is 15.5 Å². The molecule has 2 unspecified atom stereocenters. The monoisotopic (exact) mass is 467 g/mol. The second-order valence-electron chi connectivity index (χ2n) is 8.50. The second-order valence-corrected chi connectivity index (χ2v) is 8.50. The van der Waals surface area contributed by atoms with E-state index in [0.717, 1.165) is 70.2 Å². The third-order valence-corrected chi connectivity index (χ3v) is 6.34. The minimum absolute atomic E-state index is 0. The van der Waals surface area contributed by atoms with Crippen LogP contribution in [0.5, 0.6) is 0 Å². The molecule has 2 atom stereocenters. The van der Waals surface area contributed by atoms with Gasteiger partial charge in [0.2, 0.25) is 5.91 Å². The van der Waals surface area contributed by atoms with Gasteiger partial charge in [0.15, 0.2) is 0 Å². The number of nitrogens with one attached hydrogen (secondary N) is 2. The molecule has 0 aliphatic carbocycles. The summed E-state index contributed by atoms with van der Waals surface area (Å²) in [6.45, 7) is 1.62. The number of halogens is 5. The van der Waals surface area contributed by atoms with Gasteiger partial charge in [-0.25, -0.2) is 0 Å². The van der Waals surface area contributed by atoms with Crippen LogP contribution in [-0.4, -0.2) is 31.1 Å². The fourth-order valence-corrected chi connectivity index (χ4v) is 5.03. The predicted octanol–water partition coefficient (Wildman–Crippen LogP) is 5.40. The van der Waals surface area contributed by atoms with Crippen molar-refractivity contribution in [1.29, 1.82) is 0 Å². The van der Waals surface area contributed by atoms with Gasteiger partial charge in [0, 0.05) is 31.6 Å². The molecular formula is C21H30Cl2F3N3O. The summed E-state index contributed by atoms with van der Waals surface area (Å²) < 4.78 is 39.6. The molecule has 0 saturated carbocycles. The minimum atomic E-state index is -4.42. The topological polar surface area (TPSA) is 44.4 Å². The Hall–Kier alpha value is -1.18. The zero-order valence-corrected chi connectivity index (χ0v) is 18.5. The maximum Gasteiger partial charge on any atom is 0.416 e. The quantitative estimate of drug-likeness (QED) is 0.622. The number of benzene rings is 1. The van der Waals surface area contributed by atoms with E-state index < -0.39 is 11.7 Å². The van der Waals surface area contributed by atoms with E-state index in [-0.39, 0.29) is 30.7 Å². The third-order valence-electron chi connectivity index (χ3n) is 6.34. The number of rotatable bonds is 4. The summed E-state index contributed by atoms with van der Waals surface area (Å²) in [5, 5.41) is 6.37. The lowest BCUT2D eigenvalue weighted by Gasteiger charge is -2.31. The van der Waals surface area contributed by atoms with Crippen LogP contribution in [0, 0.1) is 5.92 Å². The molecule has 1 aromatic rings. The van der Waals surface area contributed by atoms with E-state index in [2.05, 4.69) is 15.5 Å².